The van der Waals surface area contributed by atoms with Crippen LogP contribution in [0.2, 0.25) is 54.4 Å². The first-order chi connectivity index (χ1) is 47.6. The fraction of sp³-hybridized carbons (Fsp3) is 0.741. The number of hydrogen-bond acceptors (Lipinski definition) is 17. The van der Waals surface area contributed by atoms with Crippen LogP contribution in [0.1, 0.15) is 184 Å². The van der Waals surface area contributed by atoms with E-state index in [2.05, 4.69) is 206 Å². The highest BCUT2D eigenvalue weighted by atomic mass is 31.2. The number of methoxy groups -OCH3 is 3. The van der Waals surface area contributed by atoms with E-state index < -0.39 is 32.5 Å². The van der Waals surface area contributed by atoms with Gasteiger partial charge in [-0.15, -0.1) is 19.7 Å². The summed E-state index contributed by atoms with van der Waals surface area (Å²) in [4.78, 5) is 80.2. The van der Waals surface area contributed by atoms with Crippen molar-refractivity contribution in [3.05, 3.63) is 85.1 Å². The Morgan fingerprint density at radius 3 is 1.06 bits per heavy atom. The van der Waals surface area contributed by atoms with Gasteiger partial charge in [0.1, 0.15) is 36.5 Å². The quantitative estimate of drug-likeness (QED) is 0.0129. The van der Waals surface area contributed by atoms with Crippen LogP contribution in [-0.4, -0.2) is 156 Å². The molecule has 2 aliphatic heterocycles. The van der Waals surface area contributed by atoms with Crippen molar-refractivity contribution < 1.29 is 79.8 Å². The van der Waals surface area contributed by atoms with Gasteiger partial charge in [0, 0.05) is 104 Å². The van der Waals surface area contributed by atoms with E-state index in [9.17, 15) is 43.2 Å². The average Bonchev–Trinajstić information content (AvgIpc) is 0.817. The molecule has 4 amide bonds. The molecule has 0 radical (unpaired) electrons. The predicted molar refractivity (Wildman–Crippen MR) is 433 cm³/mol. The molecular weight excluding hydrogens is 1390 g/mol. The first-order valence-corrected chi connectivity index (χ1v) is 47.7. The van der Waals surface area contributed by atoms with E-state index in [0.717, 1.165) is 17.4 Å². The normalized spacial score (nSPS) is 19.7. The molecule has 23 heteroatoms. The Labute approximate surface area is 634 Å². The Bertz CT molecular complexity index is 2880. The number of ketones is 2. The number of rotatable bonds is 39. The fourth-order valence-corrected chi connectivity index (χ4v) is 16.4. The molecular formula is C81H147N2O17PSi3. The second kappa shape index (κ2) is 46.5. The average molecular weight is 1540 g/mol. The number of carbonyl (C=O) groups is 7. The van der Waals surface area contributed by atoms with Crippen LogP contribution in [-0.2, 0) is 74.7 Å². The summed E-state index contributed by atoms with van der Waals surface area (Å²) >= 11 is 0. The fourth-order valence-electron chi connectivity index (χ4n) is 11.2. The Morgan fingerprint density at radius 1 is 0.510 bits per heavy atom. The van der Waals surface area contributed by atoms with Gasteiger partial charge in [-0.25, -0.2) is 0 Å². The maximum Gasteiger partial charge on any atom is 0.337 e. The molecule has 0 aromatic carbocycles. The summed E-state index contributed by atoms with van der Waals surface area (Å²) in [6.45, 7) is 70.4. The summed E-state index contributed by atoms with van der Waals surface area (Å²) < 4.78 is 59.6. The molecule has 19 nitrogen and oxygen atoms in total. The number of carbonyl (C=O) groups excluding carboxylic acids is 7. The lowest BCUT2D eigenvalue weighted by molar-refractivity contribution is -0.136. The molecule has 600 valence electrons. The van der Waals surface area contributed by atoms with Crippen molar-refractivity contribution in [1.29, 1.82) is 0 Å². The van der Waals surface area contributed by atoms with Crippen molar-refractivity contribution in [3.8, 4) is 0 Å². The van der Waals surface area contributed by atoms with Gasteiger partial charge in [0.05, 0.1) is 18.3 Å². The van der Waals surface area contributed by atoms with E-state index in [1.807, 2.05) is 33.8 Å². The number of piperidine rings is 2. The van der Waals surface area contributed by atoms with Gasteiger partial charge in [0.15, 0.2) is 30.7 Å². The molecule has 2 rings (SSSR count). The zero-order chi connectivity index (χ0) is 81.6. The molecule has 2 saturated heterocycles. The highest BCUT2D eigenvalue weighted by molar-refractivity contribution is 7.54. The third-order valence-electron chi connectivity index (χ3n) is 22.6. The molecule has 0 saturated carbocycles. The van der Waals surface area contributed by atoms with Crippen LogP contribution in [0.25, 0.3) is 0 Å². The molecule has 0 aliphatic carbocycles. The van der Waals surface area contributed by atoms with Gasteiger partial charge in [-0.3, -0.25) is 44.0 Å². The first kappa shape index (κ1) is 102. The van der Waals surface area contributed by atoms with Crippen LogP contribution in [0.5, 0.6) is 0 Å². The number of ether oxygens (including phenoxy) is 3. The third kappa shape index (κ3) is 34.3. The van der Waals surface area contributed by atoms with Crippen LogP contribution >= 0.6 is 7.60 Å². The molecule has 2 fully saturated rings. The van der Waals surface area contributed by atoms with Gasteiger partial charge < -0.3 is 46.4 Å². The van der Waals surface area contributed by atoms with E-state index in [4.69, 9.17) is 36.5 Å². The first-order valence-electron chi connectivity index (χ1n) is 37.3. The van der Waals surface area contributed by atoms with E-state index >= 15 is 0 Å². The second-order valence-corrected chi connectivity index (χ2v) is 50.3. The van der Waals surface area contributed by atoms with Gasteiger partial charge >= 0.3 is 7.60 Å². The van der Waals surface area contributed by atoms with E-state index in [1.54, 1.807) is 45.6 Å². The van der Waals surface area contributed by atoms with Crippen LogP contribution in [0.15, 0.2) is 85.1 Å². The number of aldehydes is 1. The zero-order valence-corrected chi connectivity index (χ0v) is 74.6. The lowest BCUT2D eigenvalue weighted by Gasteiger charge is -2.42. The SMILES string of the molecule is C=C[C@H](OC)[C@@H](O[Si](C)(C)C(C)(C)C)[C@H](C)/C=C(/C)[C@H](C)C(C)C(=O)/C=C/CC1CC(=O)NC(=O)C1.C=C[C@H](OC)[C@@H](O[Si](C)(C)C(C)(C)C)[C@H](C)/C=C(/C)[C@H](C)C(C)C(=O)CP(=O)(OC)OC.C=C[C@H](OC)[C@@H](O[Si](C)(C)C(C)(C)C)[C@H](C)/C=C(/C)[C@H](C)C(C)CO.O=CCC1CC(=O)NC(=O)C1. The number of aliphatic hydroxyl groups excluding tert-OH is 1. The Hall–Kier alpha value is -4.01. The number of imide groups is 2. The minimum absolute atomic E-state index is 0.0367. The number of nitrogens with one attached hydrogen (secondary N) is 2. The van der Waals surface area contributed by atoms with Crippen molar-refractivity contribution in [3.63, 3.8) is 0 Å². The number of Topliss-reactive ketones (excluding diaryl/α,β-unsaturated/α-hetero) is 1. The van der Waals surface area contributed by atoms with Crippen molar-refractivity contribution in [1.82, 2.24) is 10.6 Å². The van der Waals surface area contributed by atoms with E-state index in [0.29, 0.717) is 44.4 Å². The van der Waals surface area contributed by atoms with E-state index in [-0.39, 0.29) is 159 Å². The predicted octanol–water partition coefficient (Wildman–Crippen LogP) is 17.5. The molecule has 0 bridgehead atoms. The smallest absolute Gasteiger partial charge is 0.337 e. The Morgan fingerprint density at radius 2 is 0.798 bits per heavy atom. The van der Waals surface area contributed by atoms with Crippen molar-refractivity contribution >= 4 is 74.0 Å². The molecule has 104 heavy (non-hydrogen) atoms. The molecule has 0 spiro atoms. The standard InChI is InChI=1S/C29H49NO5Si.C24H47O6PSi.C21H42O3Si.C7H9NO3/c1-12-25(34-9)28(35-36(10,11)29(6,7)8)20(3)16-19(2)21(4)22(5)24(31)15-13-14-23-17-26(32)30-27(33)18-23;1-14-22(27-9)23(30-32(12,13)24(6,7)8)18(3)15-17(2)19(4)20(5)21(25)16-31(26,28-10)29-11;1-12-19(23-9)20(24-25(10,11)21(6,7)8)16(3)13-15(2)18(5)17(4)14-22;9-2-1-5-3-6(10)8-7(11)4-5/h12-13,15-16,20-23,25,28H,1,14,17-18H2,2-11H3,(H,30,32,33);14-15,18-20,22-23H,1,16H2,2-13H3;12-13,16-20,22H,1,14H2,2-11H3;2,5H,1,3-4H2,(H,8,10,11)/b15-13+,19-16-;17-15-;15-13-;/t20-,21+,22?,25+,28+;18-,19+,20?,22+,23+;16-,17?,18+,19+,20+;/m111./s1. The van der Waals surface area contributed by atoms with Gasteiger partial charge in [-0.05, 0) is 123 Å². The van der Waals surface area contributed by atoms with Gasteiger partial charge in [-0.2, -0.15) is 0 Å². The summed E-state index contributed by atoms with van der Waals surface area (Å²) in [5.41, 5.74) is 3.50. The Balaban J connectivity index is 0. The summed E-state index contributed by atoms with van der Waals surface area (Å²) in [6.07, 6.45) is 17.1. The molecule has 15 atom stereocenters. The maximum atomic E-state index is 12.9. The minimum atomic E-state index is -3.38. The number of aliphatic hydroxyl groups is 1. The summed E-state index contributed by atoms with van der Waals surface area (Å²) in [6, 6.07) is 0. The topological polar surface area (TPSA) is 255 Å². The largest absolute Gasteiger partial charge is 0.410 e. The monoisotopic (exact) mass is 1530 g/mol. The number of allylic oxidation sites excluding steroid dienone is 5. The van der Waals surface area contributed by atoms with E-state index in [1.165, 1.54) is 19.8 Å². The van der Waals surface area contributed by atoms with Crippen molar-refractivity contribution in [2.75, 3.05) is 48.3 Å². The highest BCUT2D eigenvalue weighted by Crippen LogP contribution is 2.48. The summed E-state index contributed by atoms with van der Waals surface area (Å²) in [5.74, 6) is -0.842. The number of hydrogen-bond donors (Lipinski definition) is 3. The molecule has 2 heterocycles. The third-order valence-corrected chi connectivity index (χ3v) is 37.9. The highest BCUT2D eigenvalue weighted by Gasteiger charge is 2.45. The van der Waals surface area contributed by atoms with Gasteiger partial charge in [0.25, 0.3) is 0 Å². The minimum Gasteiger partial charge on any atom is -0.410 e. The molecule has 3 unspecified atom stereocenters. The summed E-state index contributed by atoms with van der Waals surface area (Å²) in [7, 11) is -1.74. The lowest BCUT2D eigenvalue weighted by Crippen LogP contribution is -2.49. The van der Waals surface area contributed by atoms with Crippen LogP contribution < -0.4 is 10.6 Å². The molecule has 3 N–H and O–H groups in total. The van der Waals surface area contributed by atoms with Gasteiger partial charge in [-0.1, -0.05) is 184 Å². The Kier molecular flexibility index (Phi) is 45.6. The maximum absolute atomic E-state index is 12.9. The van der Waals surface area contributed by atoms with Crippen LogP contribution in [0, 0.1) is 65.1 Å². The van der Waals surface area contributed by atoms with Gasteiger partial charge in [0.2, 0.25) is 23.6 Å². The van der Waals surface area contributed by atoms with Crippen LogP contribution in [0.4, 0.5) is 0 Å². The second-order valence-electron chi connectivity index (χ2n) is 33.8. The molecule has 2 aliphatic rings. The van der Waals surface area contributed by atoms with Crippen molar-refractivity contribution in [2.24, 2.45) is 65.1 Å². The van der Waals surface area contributed by atoms with Crippen LogP contribution in [0.3, 0.4) is 0 Å². The zero-order valence-electron chi connectivity index (χ0n) is 70.7. The summed E-state index contributed by atoms with van der Waals surface area (Å²) in [5, 5.41) is 14.2. The number of amides is 4. The van der Waals surface area contributed by atoms with Crippen molar-refractivity contribution in [2.45, 2.75) is 275 Å². The lowest BCUT2D eigenvalue weighted by atomic mass is 9.83. The molecule has 0 aromatic heterocycles. The molecule has 0 aromatic rings.